The predicted octanol–water partition coefficient (Wildman–Crippen LogP) is 2.81. The van der Waals surface area contributed by atoms with Crippen LogP contribution in [0, 0.1) is 13.8 Å². The monoisotopic (exact) mass is 292 g/mol. The Kier molecular flexibility index (Phi) is 2.79. The number of pyridine rings is 1. The van der Waals surface area contributed by atoms with E-state index in [9.17, 15) is 0 Å². The molecule has 0 spiro atoms. The summed E-state index contributed by atoms with van der Waals surface area (Å²) in [6.07, 6.45) is 8.10. The lowest BCUT2D eigenvalue weighted by Gasteiger charge is -2.10. The average Bonchev–Trinajstić information content (AvgIpc) is 3.06. The maximum absolute atomic E-state index is 5.37. The van der Waals surface area contributed by atoms with Crippen molar-refractivity contribution in [3.63, 3.8) is 0 Å². The van der Waals surface area contributed by atoms with Gasteiger partial charge >= 0.3 is 0 Å². The smallest absolute Gasteiger partial charge is 0.294 e. The van der Waals surface area contributed by atoms with Gasteiger partial charge in [0.15, 0.2) is 0 Å². The highest BCUT2D eigenvalue weighted by Gasteiger charge is 2.31. The maximum atomic E-state index is 5.37. The lowest BCUT2D eigenvalue weighted by Crippen LogP contribution is -2.30. The maximum Gasteiger partial charge on any atom is 0.294 e. The van der Waals surface area contributed by atoms with E-state index in [0.717, 1.165) is 12.3 Å². The Balaban J connectivity index is 1.95. The molecule has 0 bridgehead atoms. The molecule has 3 heterocycles. The molecule has 0 atom stereocenters. The first-order valence-corrected chi connectivity index (χ1v) is 7.38. The summed E-state index contributed by atoms with van der Waals surface area (Å²) in [5, 5.41) is 0. The van der Waals surface area contributed by atoms with Crippen molar-refractivity contribution in [3.05, 3.63) is 59.7 Å². The molecule has 0 saturated heterocycles. The van der Waals surface area contributed by atoms with Crippen LogP contribution in [0.3, 0.4) is 0 Å². The van der Waals surface area contributed by atoms with Crippen LogP contribution in [0.15, 0.2) is 43.0 Å². The minimum Gasteiger partial charge on any atom is -0.497 e. The second-order valence-electron chi connectivity index (χ2n) is 5.76. The van der Waals surface area contributed by atoms with Gasteiger partial charge in [-0.3, -0.25) is 4.98 Å². The quantitative estimate of drug-likeness (QED) is 0.532. The molecule has 0 unspecified atom stereocenters. The Morgan fingerprint density at radius 3 is 2.73 bits per heavy atom. The van der Waals surface area contributed by atoms with E-state index in [1.165, 1.54) is 33.8 Å². The number of fused-ring (bicyclic) bond motifs is 3. The molecule has 1 aromatic carbocycles. The summed E-state index contributed by atoms with van der Waals surface area (Å²) in [4.78, 5) is 4.24. The minimum atomic E-state index is 0.889. The number of benzene rings is 1. The third-order valence-electron chi connectivity index (χ3n) is 4.32. The Bertz CT molecular complexity index is 857. The van der Waals surface area contributed by atoms with Gasteiger partial charge in [0.05, 0.1) is 12.7 Å². The third-order valence-corrected chi connectivity index (χ3v) is 4.32. The number of ether oxygens (including phenoxy) is 1. The fourth-order valence-electron chi connectivity index (χ4n) is 3.39. The standard InChI is InChI=1S/C18H18N3O/c1-12-8-15(22-3)9-13(2)17(12)21-7-6-20-11-14-10-19-5-4-16(14)18(20)21/h4-10H,11H2,1-3H3/q+1. The lowest BCUT2D eigenvalue weighted by atomic mass is 10.1. The van der Waals surface area contributed by atoms with E-state index >= 15 is 0 Å². The molecule has 0 radical (unpaired) electrons. The number of aromatic nitrogens is 3. The normalized spacial score (nSPS) is 12.1. The summed E-state index contributed by atoms with van der Waals surface area (Å²) in [5.74, 6) is 2.12. The van der Waals surface area contributed by atoms with Crippen LogP contribution in [0.5, 0.6) is 5.75 Å². The number of hydrogen-bond donors (Lipinski definition) is 0. The SMILES string of the molecule is COc1cc(C)c(-n2cc[n+]3c2-c2ccncc2C3)c(C)c1. The van der Waals surface area contributed by atoms with Crippen LogP contribution in [0.1, 0.15) is 16.7 Å². The molecular formula is C18H18N3O+. The van der Waals surface area contributed by atoms with Gasteiger partial charge < -0.3 is 4.74 Å². The van der Waals surface area contributed by atoms with Crippen molar-refractivity contribution in [2.45, 2.75) is 20.4 Å². The molecule has 0 fully saturated rings. The van der Waals surface area contributed by atoms with Crippen LogP contribution >= 0.6 is 0 Å². The topological polar surface area (TPSA) is 30.9 Å². The van der Waals surface area contributed by atoms with E-state index in [1.807, 2.05) is 12.4 Å². The minimum absolute atomic E-state index is 0.889. The lowest BCUT2D eigenvalue weighted by molar-refractivity contribution is -0.671. The van der Waals surface area contributed by atoms with Crippen LogP contribution in [0.4, 0.5) is 0 Å². The molecule has 4 nitrogen and oxygen atoms in total. The molecule has 1 aliphatic rings. The number of nitrogens with zero attached hydrogens (tertiary/aromatic N) is 3. The van der Waals surface area contributed by atoms with Crippen molar-refractivity contribution in [1.82, 2.24) is 9.55 Å². The highest BCUT2D eigenvalue weighted by Crippen LogP contribution is 2.32. The Morgan fingerprint density at radius 2 is 2.00 bits per heavy atom. The highest BCUT2D eigenvalue weighted by atomic mass is 16.5. The number of imidazole rings is 1. The molecule has 1 aliphatic heterocycles. The van der Waals surface area contributed by atoms with Gasteiger partial charge in [-0.1, -0.05) is 0 Å². The molecule has 2 aromatic heterocycles. The average molecular weight is 292 g/mol. The van der Waals surface area contributed by atoms with Gasteiger partial charge in [-0.2, -0.15) is 4.57 Å². The number of rotatable bonds is 2. The van der Waals surface area contributed by atoms with Gasteiger partial charge in [0.25, 0.3) is 5.82 Å². The summed E-state index contributed by atoms with van der Waals surface area (Å²) in [6.45, 7) is 5.15. The molecule has 4 heteroatoms. The zero-order valence-corrected chi connectivity index (χ0v) is 13.0. The second kappa shape index (κ2) is 4.70. The molecule has 110 valence electrons. The van der Waals surface area contributed by atoms with Gasteiger partial charge in [0.2, 0.25) is 0 Å². The van der Waals surface area contributed by atoms with Gasteiger partial charge in [-0.25, -0.2) is 4.57 Å². The van der Waals surface area contributed by atoms with Crippen molar-refractivity contribution >= 4 is 0 Å². The third kappa shape index (κ3) is 1.77. The van der Waals surface area contributed by atoms with E-state index in [2.05, 4.69) is 58.6 Å². The molecule has 22 heavy (non-hydrogen) atoms. The summed E-state index contributed by atoms with van der Waals surface area (Å²) in [6, 6.07) is 6.27. The van der Waals surface area contributed by atoms with Gasteiger partial charge in [-0.05, 0) is 32.0 Å². The highest BCUT2D eigenvalue weighted by molar-refractivity contribution is 5.64. The summed E-state index contributed by atoms with van der Waals surface area (Å²) < 4.78 is 9.92. The fourth-order valence-corrected chi connectivity index (χ4v) is 3.39. The van der Waals surface area contributed by atoms with E-state index in [1.54, 1.807) is 7.11 Å². The molecule has 0 saturated carbocycles. The van der Waals surface area contributed by atoms with Crippen LogP contribution < -0.4 is 9.30 Å². The molecule has 0 aliphatic carbocycles. The zero-order valence-electron chi connectivity index (χ0n) is 13.0. The molecule has 4 rings (SSSR count). The van der Waals surface area contributed by atoms with Crippen LogP contribution in [-0.4, -0.2) is 16.7 Å². The first kappa shape index (κ1) is 13.1. The first-order valence-electron chi connectivity index (χ1n) is 7.38. The fraction of sp³-hybridized carbons (Fsp3) is 0.222. The van der Waals surface area contributed by atoms with E-state index in [-0.39, 0.29) is 0 Å². The second-order valence-corrected chi connectivity index (χ2v) is 5.76. The van der Waals surface area contributed by atoms with Crippen LogP contribution in [0.2, 0.25) is 0 Å². The zero-order chi connectivity index (χ0) is 15.3. The van der Waals surface area contributed by atoms with Crippen LogP contribution in [0.25, 0.3) is 17.1 Å². The van der Waals surface area contributed by atoms with Gasteiger partial charge in [-0.15, -0.1) is 0 Å². The van der Waals surface area contributed by atoms with E-state index in [0.29, 0.717) is 0 Å². The van der Waals surface area contributed by atoms with Crippen molar-refractivity contribution in [3.8, 4) is 22.8 Å². The number of aryl methyl sites for hydroxylation is 2. The Morgan fingerprint density at radius 1 is 1.23 bits per heavy atom. The van der Waals surface area contributed by atoms with Gasteiger partial charge in [0, 0.05) is 29.1 Å². The summed E-state index contributed by atoms with van der Waals surface area (Å²) in [5.41, 5.74) is 6.17. The first-order chi connectivity index (χ1) is 10.7. The predicted molar refractivity (Wildman–Crippen MR) is 84.3 cm³/mol. The van der Waals surface area contributed by atoms with E-state index < -0.39 is 0 Å². The van der Waals surface area contributed by atoms with Crippen molar-refractivity contribution in [2.24, 2.45) is 0 Å². The molecule has 3 aromatic rings. The van der Waals surface area contributed by atoms with Gasteiger partial charge in [0.1, 0.15) is 30.4 Å². The Labute approximate surface area is 129 Å². The van der Waals surface area contributed by atoms with Crippen molar-refractivity contribution < 1.29 is 9.30 Å². The largest absolute Gasteiger partial charge is 0.497 e. The van der Waals surface area contributed by atoms with Crippen molar-refractivity contribution in [1.29, 1.82) is 0 Å². The van der Waals surface area contributed by atoms with Crippen LogP contribution in [-0.2, 0) is 6.54 Å². The van der Waals surface area contributed by atoms with Crippen molar-refractivity contribution in [2.75, 3.05) is 7.11 Å². The number of methoxy groups -OCH3 is 1. The molecular weight excluding hydrogens is 274 g/mol. The molecule has 0 amide bonds. The Hall–Kier alpha value is -2.62. The van der Waals surface area contributed by atoms with E-state index in [4.69, 9.17) is 4.74 Å². The molecule has 0 N–H and O–H groups in total. The number of hydrogen-bond acceptors (Lipinski definition) is 2. The summed E-state index contributed by atoms with van der Waals surface area (Å²) >= 11 is 0. The summed E-state index contributed by atoms with van der Waals surface area (Å²) in [7, 11) is 1.71.